The summed E-state index contributed by atoms with van der Waals surface area (Å²) in [6.45, 7) is 1.97. The van der Waals surface area contributed by atoms with E-state index in [4.69, 9.17) is 0 Å². The van der Waals surface area contributed by atoms with E-state index in [1.165, 1.54) is 0 Å². The second-order valence-corrected chi connectivity index (χ2v) is 9.11. The maximum atomic E-state index is 11.7. The van der Waals surface area contributed by atoms with Crippen LogP contribution in [-0.2, 0) is 3.28 Å². The van der Waals surface area contributed by atoms with Crippen molar-refractivity contribution in [3.63, 3.8) is 0 Å². The first kappa shape index (κ1) is 10.9. The molecular formula is C11H9O2Rb. The fourth-order valence-corrected chi connectivity index (χ4v) is 3.39. The number of Topliss-reactive ketones (excluding diaryl/α,β-unsaturated/α-hetero) is 2. The molecule has 0 fully saturated rings. The molecule has 0 saturated heterocycles. The normalized spacial score (nSPS) is 26.2. The van der Waals surface area contributed by atoms with Gasteiger partial charge in [-0.3, -0.25) is 0 Å². The van der Waals surface area contributed by atoms with Crippen molar-refractivity contribution in [2.24, 2.45) is 0 Å². The second-order valence-electron chi connectivity index (χ2n) is 4.19. The third-order valence-electron chi connectivity index (χ3n) is 2.92. The van der Waals surface area contributed by atoms with E-state index in [1.807, 2.05) is 31.2 Å². The molecule has 1 aromatic rings. The summed E-state index contributed by atoms with van der Waals surface area (Å²) < 4.78 is -0.299. The van der Waals surface area contributed by atoms with E-state index in [0.717, 1.165) is 11.1 Å². The third-order valence-corrected chi connectivity index (χ3v) is 5.61. The second kappa shape index (κ2) is 3.74. The summed E-state index contributed by atoms with van der Waals surface area (Å²) >= 11 is 0.188. The zero-order valence-electron chi connectivity index (χ0n) is 8.33. The number of hydrogen-bond acceptors (Lipinski definition) is 2. The standard InChI is InChI=1S/C11H9O2.Rb/c1-7-8-4-2-3-5-9(8)11(13)6-10(7)12;/h2-5H,6H2,1H3;. The molecule has 0 aromatic heterocycles. The molecule has 1 aromatic carbocycles. The monoisotopic (exact) mass is 258 g/mol. The average Bonchev–Trinajstić information content (AvgIpc) is 2.16. The van der Waals surface area contributed by atoms with Crippen molar-refractivity contribution in [2.75, 3.05) is 0 Å². The Morgan fingerprint density at radius 1 is 1.29 bits per heavy atom. The van der Waals surface area contributed by atoms with Gasteiger partial charge in [-0.25, -0.2) is 0 Å². The summed E-state index contributed by atoms with van der Waals surface area (Å²) in [7, 11) is 0. The van der Waals surface area contributed by atoms with Crippen LogP contribution in [0, 0.1) is 0 Å². The predicted molar refractivity (Wildman–Crippen MR) is 53.5 cm³/mol. The molecule has 0 heterocycles. The van der Waals surface area contributed by atoms with Crippen molar-refractivity contribution in [3.8, 4) is 0 Å². The molecule has 1 unspecified atom stereocenters. The Morgan fingerprint density at radius 2 is 1.93 bits per heavy atom. The maximum absolute atomic E-state index is 11.7. The summed E-state index contributed by atoms with van der Waals surface area (Å²) in [6, 6.07) is 7.51. The topological polar surface area (TPSA) is 34.1 Å². The molecule has 0 saturated carbocycles. The summed E-state index contributed by atoms with van der Waals surface area (Å²) in [5.41, 5.74) is 1.71. The van der Waals surface area contributed by atoms with Crippen molar-refractivity contribution < 1.29 is 9.59 Å². The first-order valence-corrected chi connectivity index (χ1v) is 7.15. The van der Waals surface area contributed by atoms with Gasteiger partial charge in [0, 0.05) is 0 Å². The van der Waals surface area contributed by atoms with Gasteiger partial charge in [0.2, 0.25) is 0 Å². The fourth-order valence-electron chi connectivity index (χ4n) is 1.88. The van der Waals surface area contributed by atoms with Crippen LogP contribution >= 0.6 is 0 Å². The number of carbonyl (C=O) groups excluding carboxylic acids is 2. The first-order valence-electron chi connectivity index (χ1n) is 4.69. The molecular weight excluding hydrogens is 250 g/mol. The van der Waals surface area contributed by atoms with Gasteiger partial charge in [0.25, 0.3) is 0 Å². The van der Waals surface area contributed by atoms with Gasteiger partial charge in [-0.15, -0.1) is 0 Å². The molecule has 1 aliphatic rings. The van der Waals surface area contributed by atoms with Gasteiger partial charge in [0.1, 0.15) is 0 Å². The van der Waals surface area contributed by atoms with Crippen molar-refractivity contribution in [2.45, 2.75) is 11.8 Å². The van der Waals surface area contributed by atoms with Gasteiger partial charge < -0.3 is 0 Å². The van der Waals surface area contributed by atoms with E-state index in [1.54, 1.807) is 0 Å². The van der Waals surface area contributed by atoms with E-state index in [9.17, 15) is 9.59 Å². The van der Waals surface area contributed by atoms with Crippen LogP contribution in [0.15, 0.2) is 24.3 Å². The van der Waals surface area contributed by atoms with Gasteiger partial charge in [-0.2, -0.15) is 0 Å². The van der Waals surface area contributed by atoms with Gasteiger partial charge in [-0.1, -0.05) is 0 Å². The van der Waals surface area contributed by atoms with Crippen LogP contribution < -0.4 is 0 Å². The van der Waals surface area contributed by atoms with E-state index in [2.05, 4.69) is 0 Å². The summed E-state index contributed by atoms with van der Waals surface area (Å²) in [6.07, 6.45) is 0.0981. The molecule has 2 rings (SSSR count). The number of rotatable bonds is 0. The zero-order chi connectivity index (χ0) is 10.3. The number of benzene rings is 1. The quantitative estimate of drug-likeness (QED) is 0.656. The van der Waals surface area contributed by atoms with Gasteiger partial charge in [0.15, 0.2) is 0 Å². The van der Waals surface area contributed by atoms with Gasteiger partial charge >= 0.3 is 124 Å². The average molecular weight is 259 g/mol. The minimum absolute atomic E-state index is 0.0174. The van der Waals surface area contributed by atoms with Gasteiger partial charge in [0.05, 0.1) is 0 Å². The van der Waals surface area contributed by atoms with Crippen LogP contribution in [0.3, 0.4) is 0 Å². The Hall–Kier alpha value is 0.365. The Labute approximate surface area is 122 Å². The Balaban J connectivity index is 2.69. The van der Waals surface area contributed by atoms with E-state index in [0.29, 0.717) is 0 Å². The molecule has 2 nitrogen and oxygen atoms in total. The molecule has 0 aliphatic heterocycles. The molecule has 1 aliphatic carbocycles. The molecule has 0 amide bonds. The Bertz CT molecular complexity index is 421. The fraction of sp³-hybridized carbons (Fsp3) is 0.273. The van der Waals surface area contributed by atoms with Crippen molar-refractivity contribution >= 4 is 67.1 Å². The number of hydrogen-bond donors (Lipinski definition) is 0. The molecule has 14 heavy (non-hydrogen) atoms. The first-order chi connectivity index (χ1) is 6.53. The molecule has 0 radical (unpaired) electrons. The van der Waals surface area contributed by atoms with E-state index in [-0.39, 0.29) is 72.0 Å². The van der Waals surface area contributed by atoms with E-state index >= 15 is 0 Å². The number of ketones is 2. The zero-order valence-corrected chi connectivity index (χ0v) is 13.2. The van der Waals surface area contributed by atoms with Crippen molar-refractivity contribution in [1.29, 1.82) is 0 Å². The Morgan fingerprint density at radius 3 is 2.64 bits per heavy atom. The van der Waals surface area contributed by atoms with Crippen molar-refractivity contribution in [1.82, 2.24) is 0 Å². The van der Waals surface area contributed by atoms with Crippen LogP contribution in [0.25, 0.3) is 0 Å². The SMILES string of the molecule is C[C]1([Rb])C(=O)CC(=O)c2ccccc21. The molecule has 0 spiro atoms. The number of carbonyl (C=O) groups is 2. The predicted octanol–water partition coefficient (Wildman–Crippen LogP) is 1.23. The van der Waals surface area contributed by atoms with Crippen molar-refractivity contribution in [3.05, 3.63) is 35.4 Å². The van der Waals surface area contributed by atoms with Crippen LogP contribution in [0.5, 0.6) is 0 Å². The Kier molecular flexibility index (Phi) is 2.91. The molecule has 66 valence electrons. The minimum atomic E-state index is -0.299. The molecule has 1 atom stereocenters. The van der Waals surface area contributed by atoms with E-state index < -0.39 is 0 Å². The third kappa shape index (κ3) is 1.62. The summed E-state index contributed by atoms with van der Waals surface area (Å²) in [5, 5.41) is 0. The van der Waals surface area contributed by atoms with Crippen LogP contribution in [0.4, 0.5) is 0 Å². The number of fused-ring (bicyclic) bond motifs is 1. The van der Waals surface area contributed by atoms with Crippen LogP contribution in [0.2, 0.25) is 0 Å². The molecule has 0 N–H and O–H groups in total. The molecule has 3 heteroatoms. The molecule has 0 bridgehead atoms. The van der Waals surface area contributed by atoms with Gasteiger partial charge in [-0.05, 0) is 0 Å². The summed E-state index contributed by atoms with van der Waals surface area (Å²) in [5.74, 6) is 0.0909. The van der Waals surface area contributed by atoms with Crippen LogP contribution in [0.1, 0.15) is 29.3 Å². The van der Waals surface area contributed by atoms with Crippen LogP contribution in [-0.4, -0.2) is 67.1 Å². The summed E-state index contributed by atoms with van der Waals surface area (Å²) in [4.78, 5) is 23.3.